The van der Waals surface area contributed by atoms with Crippen molar-refractivity contribution in [2.75, 3.05) is 0 Å². The number of halogens is 24. The van der Waals surface area contributed by atoms with Crippen LogP contribution in [0.4, 0.5) is 0 Å². The van der Waals surface area contributed by atoms with E-state index in [2.05, 4.69) is 0 Å². The highest BCUT2D eigenvalue weighted by Crippen LogP contribution is 2.79. The van der Waals surface area contributed by atoms with Gasteiger partial charge in [-0.2, -0.15) is 0 Å². The molecule has 1 aliphatic carbocycles. The van der Waals surface area contributed by atoms with E-state index >= 15 is 0 Å². The summed E-state index contributed by atoms with van der Waals surface area (Å²) in [4.78, 5) is 0. The molecule has 0 aromatic rings. The summed E-state index contributed by atoms with van der Waals surface area (Å²) >= 11 is 153. The van der Waals surface area contributed by atoms with Crippen molar-refractivity contribution in [3.63, 3.8) is 0 Å². The molecule has 0 aromatic carbocycles. The highest BCUT2D eigenvalue weighted by Gasteiger charge is 2.89. The van der Waals surface area contributed by atoms with Crippen LogP contribution in [-0.4, -0.2) is 52.0 Å². The molecule has 36 heavy (non-hydrogen) atoms. The minimum Gasteiger partial charge on any atom is -0.0946 e. The summed E-state index contributed by atoms with van der Waals surface area (Å²) in [6.45, 7) is 0. The molecule has 0 aromatic heterocycles. The molecule has 1 saturated carbocycles. The van der Waals surface area contributed by atoms with Gasteiger partial charge in [0.1, 0.15) is 0 Å². The lowest BCUT2D eigenvalue weighted by Crippen LogP contribution is -2.78. The fourth-order valence-corrected chi connectivity index (χ4v) is 11.5. The Hall–Kier alpha value is 6.96. The largest absolute Gasteiger partial charge is 0.189 e. The summed E-state index contributed by atoms with van der Waals surface area (Å²) in [5.41, 5.74) is 0. The SMILES string of the molecule is ClC1(Cl)C(Cl)(Cl)C(Cl)(Cl)C(Cl)(Cl)C(Cl)(Cl)C(Cl)(Cl)C(Cl)(Cl)C(Cl)(Cl)C(Cl)(Cl)C(Cl)(Cl)C(Cl)(Cl)C1(Cl)Cl. The van der Waals surface area contributed by atoms with Gasteiger partial charge >= 0.3 is 0 Å². The second kappa shape index (κ2) is 11.3. The van der Waals surface area contributed by atoms with Crippen molar-refractivity contribution in [3.05, 3.63) is 0 Å². The third-order valence-electron chi connectivity index (χ3n) is 4.73. The third kappa shape index (κ3) is 4.95. The fraction of sp³-hybridized carbons (Fsp3) is 1.00. The molecule has 0 atom stereocenters. The molecule has 0 nitrogen and oxygen atoms in total. The Kier molecular flexibility index (Phi) is 12.9. The monoisotopic (exact) mass is 983 g/mol. The quantitative estimate of drug-likeness (QED) is 0.212. The molecular formula is C12Cl24. The average molecular weight is 995 g/mol. The van der Waals surface area contributed by atoms with Gasteiger partial charge in [-0.05, 0) is 0 Å². The van der Waals surface area contributed by atoms with E-state index in [1.807, 2.05) is 0 Å². The first-order valence-electron chi connectivity index (χ1n) is 7.54. The van der Waals surface area contributed by atoms with Crippen LogP contribution < -0.4 is 0 Å². The molecule has 0 spiro atoms. The van der Waals surface area contributed by atoms with Gasteiger partial charge < -0.3 is 0 Å². The maximum absolute atomic E-state index is 6.37. The molecule has 1 fully saturated rings. The normalized spacial score (nSPS) is 34.0. The molecule has 24 heteroatoms. The van der Waals surface area contributed by atoms with Crippen LogP contribution in [0.15, 0.2) is 0 Å². The minimum absolute atomic E-state index is 3.27. The summed E-state index contributed by atoms with van der Waals surface area (Å²) < 4.78 is -39.2. The van der Waals surface area contributed by atoms with Crippen LogP contribution in [0.2, 0.25) is 0 Å². The Morgan fingerprint density at radius 2 is 0.139 bits per heavy atom. The molecule has 0 amide bonds. The van der Waals surface area contributed by atoms with Gasteiger partial charge in [0.25, 0.3) is 0 Å². The Morgan fingerprint density at radius 1 is 0.111 bits per heavy atom. The summed E-state index contributed by atoms with van der Waals surface area (Å²) in [5.74, 6) is 0. The van der Waals surface area contributed by atoms with E-state index in [0.29, 0.717) is 0 Å². The number of hydrogen-bond acceptors (Lipinski definition) is 0. The van der Waals surface area contributed by atoms with Gasteiger partial charge in [-0.1, -0.05) is 278 Å². The maximum atomic E-state index is 6.37. The highest BCUT2D eigenvalue weighted by atomic mass is 35.6. The Morgan fingerprint density at radius 3 is 0.167 bits per heavy atom. The molecule has 1 aliphatic rings. The average Bonchev–Trinajstić information content (AvgIpc) is 2.65. The van der Waals surface area contributed by atoms with E-state index in [4.69, 9.17) is 278 Å². The van der Waals surface area contributed by atoms with Crippen LogP contribution >= 0.6 is 278 Å². The van der Waals surface area contributed by atoms with Crippen molar-refractivity contribution in [1.29, 1.82) is 0 Å². The summed E-state index contributed by atoms with van der Waals surface area (Å²) in [6, 6.07) is 0. The molecule has 216 valence electrons. The molecule has 0 aliphatic heterocycles. The Bertz CT molecular complexity index is 567. The van der Waals surface area contributed by atoms with Crippen molar-refractivity contribution >= 4 is 278 Å². The predicted octanol–water partition coefficient (Wildman–Crippen LogP) is 14.1. The fourth-order valence-electron chi connectivity index (χ4n) is 2.37. The van der Waals surface area contributed by atoms with Crippen LogP contribution in [0.3, 0.4) is 0 Å². The molecule has 0 N–H and O–H groups in total. The second-order valence-electron chi connectivity index (χ2n) is 6.89. The van der Waals surface area contributed by atoms with E-state index < -0.39 is 52.0 Å². The van der Waals surface area contributed by atoms with Gasteiger partial charge in [0, 0.05) is 0 Å². The summed E-state index contributed by atoms with van der Waals surface area (Å²) in [5, 5.41) is 0. The molecule has 1 rings (SSSR count). The van der Waals surface area contributed by atoms with E-state index in [-0.39, 0.29) is 0 Å². The standard InChI is InChI=1S/C12Cl24/c13-1(14)2(15,16)4(19,20)6(23,24)8(27,28)10(31,32)12(35,36)11(33,34)9(29,30)7(25,26)5(21,22)3(1,17)18. The van der Waals surface area contributed by atoms with Crippen molar-refractivity contribution in [1.82, 2.24) is 0 Å². The first kappa shape index (κ1) is 41.0. The number of alkyl halides is 24. The van der Waals surface area contributed by atoms with E-state index in [1.54, 1.807) is 0 Å². The van der Waals surface area contributed by atoms with Gasteiger partial charge in [0.2, 0.25) is 0 Å². The minimum atomic E-state index is -3.27. The lowest BCUT2D eigenvalue weighted by Gasteiger charge is -2.61. The van der Waals surface area contributed by atoms with Crippen molar-refractivity contribution in [2.24, 2.45) is 0 Å². The van der Waals surface area contributed by atoms with Gasteiger partial charge in [-0.15, -0.1) is 0 Å². The second-order valence-corrected chi connectivity index (χ2v) is 22.8. The van der Waals surface area contributed by atoms with Gasteiger partial charge in [0.05, 0.1) is 0 Å². The van der Waals surface area contributed by atoms with Crippen LogP contribution in [0.5, 0.6) is 0 Å². The number of hydrogen-bond donors (Lipinski definition) is 0. The summed E-state index contributed by atoms with van der Waals surface area (Å²) in [6.07, 6.45) is 0. The number of rotatable bonds is 0. The molecule has 0 radical (unpaired) electrons. The Balaban J connectivity index is 4.55. The lowest BCUT2D eigenvalue weighted by atomic mass is 9.93. The smallest absolute Gasteiger partial charge is 0.0946 e. The zero-order valence-electron chi connectivity index (χ0n) is 15.1. The van der Waals surface area contributed by atoms with E-state index in [9.17, 15) is 0 Å². The predicted molar refractivity (Wildman–Crippen MR) is 173 cm³/mol. The van der Waals surface area contributed by atoms with Crippen LogP contribution in [-0.2, 0) is 0 Å². The molecule has 0 heterocycles. The molecule has 0 bridgehead atoms. The Labute approximate surface area is 325 Å². The van der Waals surface area contributed by atoms with E-state index in [1.165, 1.54) is 0 Å². The maximum Gasteiger partial charge on any atom is 0.189 e. The van der Waals surface area contributed by atoms with Gasteiger partial charge in [-0.25, -0.2) is 0 Å². The summed E-state index contributed by atoms with van der Waals surface area (Å²) in [7, 11) is 0. The van der Waals surface area contributed by atoms with Crippen LogP contribution in [0.1, 0.15) is 0 Å². The molecular weight excluding hydrogens is 995 g/mol. The van der Waals surface area contributed by atoms with Crippen molar-refractivity contribution in [3.8, 4) is 0 Å². The third-order valence-corrected chi connectivity index (χ3v) is 23.0. The highest BCUT2D eigenvalue weighted by molar-refractivity contribution is 6.85. The van der Waals surface area contributed by atoms with Crippen LogP contribution in [0.25, 0.3) is 0 Å². The van der Waals surface area contributed by atoms with Crippen molar-refractivity contribution < 1.29 is 0 Å². The van der Waals surface area contributed by atoms with Crippen molar-refractivity contribution in [2.45, 2.75) is 52.0 Å². The zero-order valence-corrected chi connectivity index (χ0v) is 33.2. The zero-order chi connectivity index (χ0) is 30.0. The first-order valence-corrected chi connectivity index (χ1v) is 16.6. The van der Waals surface area contributed by atoms with Gasteiger partial charge in [0.15, 0.2) is 52.0 Å². The topological polar surface area (TPSA) is 0 Å². The first-order chi connectivity index (χ1) is 15.0. The lowest BCUT2D eigenvalue weighted by molar-refractivity contribution is 0.368. The van der Waals surface area contributed by atoms with Gasteiger partial charge in [-0.3, -0.25) is 0 Å². The molecule has 0 saturated heterocycles. The molecule has 0 unspecified atom stereocenters. The van der Waals surface area contributed by atoms with Crippen LogP contribution in [0, 0.1) is 0 Å². The van der Waals surface area contributed by atoms with E-state index in [0.717, 1.165) is 0 Å².